The maximum Gasteiger partial charge on any atom is 1.00 e. The van der Waals surface area contributed by atoms with Crippen molar-refractivity contribution in [3.05, 3.63) is 48.6 Å². The van der Waals surface area contributed by atoms with Crippen LogP contribution in [0.2, 0.25) is 0 Å². The monoisotopic (exact) mass is 747 g/mol. The molecule has 0 fully saturated rings. The molecule has 0 radical (unpaired) electrons. The van der Waals surface area contributed by atoms with Crippen LogP contribution in [0.3, 0.4) is 0 Å². The molecule has 4 nitrogen and oxygen atoms in total. The number of carbonyl (C=O) groups is 2. The third kappa shape index (κ3) is 26.1. The molecule has 0 N–H and O–H groups in total. The van der Waals surface area contributed by atoms with E-state index >= 15 is 0 Å². The van der Waals surface area contributed by atoms with Crippen LogP contribution in [0.4, 0.5) is 0 Å². The molecule has 50 heavy (non-hydrogen) atoms. The third-order valence-corrected chi connectivity index (χ3v) is 10.1. The minimum Gasteiger partial charge on any atom is -0.549 e. The standard InChI is InChI=1S/C44H78O4.2K/c1-5-9-13-17-21-25-29-33-37-43(41(45)46,38-34-30-26-22-18-14-10-6-2)44(42(47)48,39-35-31-27-23-19-15-11-7-3)40-36-32-28-24-20-16-12-8-4;;/h29-36H,5-28,37-40H2,1-4H3,(H,45,46)(H,47,48);;/q;2*+1/p-2/b33-29+,34-30+,35-31+,36-32+;;. The number of carboxylic acids is 2. The Labute approximate surface area is 395 Å². The zero-order valence-corrected chi connectivity index (χ0v) is 40.3. The van der Waals surface area contributed by atoms with Crippen molar-refractivity contribution in [2.45, 2.75) is 207 Å². The summed E-state index contributed by atoms with van der Waals surface area (Å²) in [6.45, 7) is 8.82. The van der Waals surface area contributed by atoms with Crippen molar-refractivity contribution < 1.29 is 123 Å². The van der Waals surface area contributed by atoms with Gasteiger partial charge in [-0.25, -0.2) is 0 Å². The Kier molecular flexibility index (Phi) is 44.2. The number of hydrogen-bond donors (Lipinski definition) is 0. The molecule has 278 valence electrons. The quantitative estimate of drug-likeness (QED) is 0.0475. The molecule has 0 bridgehead atoms. The Hall–Kier alpha value is 1.17. The van der Waals surface area contributed by atoms with Crippen molar-refractivity contribution in [1.82, 2.24) is 0 Å². The van der Waals surface area contributed by atoms with Gasteiger partial charge in [-0.1, -0.05) is 179 Å². The zero-order valence-electron chi connectivity index (χ0n) is 34.1. The van der Waals surface area contributed by atoms with Crippen LogP contribution < -0.4 is 113 Å². The van der Waals surface area contributed by atoms with E-state index in [1.807, 2.05) is 24.3 Å². The average Bonchev–Trinajstić information content (AvgIpc) is 3.07. The van der Waals surface area contributed by atoms with Gasteiger partial charge in [0, 0.05) is 22.8 Å². The van der Waals surface area contributed by atoms with E-state index in [0.717, 1.165) is 77.0 Å². The summed E-state index contributed by atoms with van der Waals surface area (Å²) in [6.07, 6.45) is 43.2. The summed E-state index contributed by atoms with van der Waals surface area (Å²) < 4.78 is 0. The molecular formula is C44H76K2O4. The van der Waals surface area contributed by atoms with E-state index < -0.39 is 22.8 Å². The smallest absolute Gasteiger partial charge is 0.549 e. The van der Waals surface area contributed by atoms with Crippen LogP contribution in [-0.4, -0.2) is 11.9 Å². The number of carbonyl (C=O) groups excluding carboxylic acids is 2. The van der Waals surface area contributed by atoms with Crippen LogP contribution in [0.5, 0.6) is 0 Å². The Morgan fingerprint density at radius 3 is 0.740 bits per heavy atom. The first-order valence-electron chi connectivity index (χ1n) is 20.4. The number of carboxylic acid groups (broad SMARTS) is 2. The van der Waals surface area contributed by atoms with Crippen molar-refractivity contribution in [1.29, 1.82) is 0 Å². The van der Waals surface area contributed by atoms with Gasteiger partial charge in [-0.3, -0.25) is 0 Å². The maximum absolute atomic E-state index is 13.4. The molecule has 0 unspecified atom stereocenters. The number of aliphatic carboxylic acids is 2. The summed E-state index contributed by atoms with van der Waals surface area (Å²) in [4.78, 5) is 26.8. The molecule has 0 amide bonds. The van der Waals surface area contributed by atoms with Crippen LogP contribution >= 0.6 is 0 Å². The average molecular weight is 747 g/mol. The Bertz CT molecular complexity index is 768. The third-order valence-electron chi connectivity index (χ3n) is 10.1. The van der Waals surface area contributed by atoms with Gasteiger partial charge >= 0.3 is 103 Å². The van der Waals surface area contributed by atoms with Gasteiger partial charge in [0.1, 0.15) is 0 Å². The van der Waals surface area contributed by atoms with Crippen LogP contribution in [0.1, 0.15) is 207 Å². The molecule has 6 heteroatoms. The molecule has 0 saturated carbocycles. The van der Waals surface area contributed by atoms with Gasteiger partial charge in [-0.2, -0.15) is 0 Å². The minimum atomic E-state index is -1.62. The maximum atomic E-state index is 13.4. The van der Waals surface area contributed by atoms with Gasteiger partial charge in [0.25, 0.3) is 0 Å². The summed E-state index contributed by atoms with van der Waals surface area (Å²) in [5, 5.41) is 26.8. The summed E-state index contributed by atoms with van der Waals surface area (Å²) in [5.41, 5.74) is -3.25. The predicted octanol–water partition coefficient (Wildman–Crippen LogP) is 5.69. The van der Waals surface area contributed by atoms with Crippen molar-refractivity contribution >= 4 is 11.9 Å². The van der Waals surface area contributed by atoms with E-state index in [1.165, 1.54) is 77.0 Å². The van der Waals surface area contributed by atoms with Gasteiger partial charge in [-0.05, 0) is 77.0 Å². The predicted molar refractivity (Wildman–Crippen MR) is 203 cm³/mol. The van der Waals surface area contributed by atoms with Crippen LogP contribution in [-0.2, 0) is 9.59 Å². The van der Waals surface area contributed by atoms with Crippen molar-refractivity contribution in [3.8, 4) is 0 Å². The minimum absolute atomic E-state index is 0. The molecule has 0 aromatic carbocycles. The fraction of sp³-hybridized carbons (Fsp3) is 0.773. The molecule has 0 aliphatic rings. The molecule has 0 aromatic rings. The van der Waals surface area contributed by atoms with Gasteiger partial charge in [0.2, 0.25) is 0 Å². The first-order valence-corrected chi connectivity index (χ1v) is 20.4. The molecule has 0 heterocycles. The normalized spacial score (nSPS) is 12.3. The van der Waals surface area contributed by atoms with Crippen LogP contribution in [0, 0.1) is 10.8 Å². The summed E-state index contributed by atoms with van der Waals surface area (Å²) in [7, 11) is 0. The van der Waals surface area contributed by atoms with Gasteiger partial charge in [0.15, 0.2) is 0 Å². The molecule has 0 saturated heterocycles. The van der Waals surface area contributed by atoms with E-state index in [9.17, 15) is 19.8 Å². The molecule has 0 atom stereocenters. The molecule has 0 aromatic heterocycles. The first-order chi connectivity index (χ1) is 23.4. The van der Waals surface area contributed by atoms with Crippen LogP contribution in [0.25, 0.3) is 0 Å². The van der Waals surface area contributed by atoms with Gasteiger partial charge in [0.05, 0.1) is 0 Å². The number of unbranched alkanes of at least 4 members (excludes halogenated alkanes) is 20. The van der Waals surface area contributed by atoms with Gasteiger partial charge in [-0.15, -0.1) is 0 Å². The second-order valence-corrected chi connectivity index (χ2v) is 14.3. The van der Waals surface area contributed by atoms with Gasteiger partial charge < -0.3 is 19.8 Å². The summed E-state index contributed by atoms with van der Waals surface area (Å²) in [6, 6.07) is 0. The molecular weight excluding hydrogens is 671 g/mol. The van der Waals surface area contributed by atoms with E-state index in [4.69, 9.17) is 0 Å². The van der Waals surface area contributed by atoms with E-state index in [-0.39, 0.29) is 128 Å². The SMILES string of the molecule is CCCCCCC/C=C/CC(C/C=C/CCCCCCC)(C(=O)[O-])C(C/C=C/CCCCCCC)(C/C=C/CCCCCCC)C(=O)[O-].[K+].[K+]. The Morgan fingerprint density at radius 1 is 0.360 bits per heavy atom. The number of allylic oxidation sites excluding steroid dienone is 8. The van der Waals surface area contributed by atoms with Crippen molar-refractivity contribution in [3.63, 3.8) is 0 Å². The summed E-state index contributed by atoms with van der Waals surface area (Å²) in [5.74, 6) is -2.57. The fourth-order valence-corrected chi connectivity index (χ4v) is 6.74. The van der Waals surface area contributed by atoms with E-state index in [2.05, 4.69) is 52.0 Å². The summed E-state index contributed by atoms with van der Waals surface area (Å²) >= 11 is 0. The second kappa shape index (κ2) is 39.9. The largest absolute Gasteiger partial charge is 1.00 e. The Balaban J connectivity index is -0.0000110. The van der Waals surface area contributed by atoms with E-state index in [1.54, 1.807) is 0 Å². The molecule has 0 rings (SSSR count). The van der Waals surface area contributed by atoms with Crippen molar-refractivity contribution in [2.24, 2.45) is 10.8 Å². The molecule has 0 spiro atoms. The molecule has 0 aliphatic carbocycles. The molecule has 0 aliphatic heterocycles. The second-order valence-electron chi connectivity index (χ2n) is 14.3. The zero-order chi connectivity index (χ0) is 35.6. The topological polar surface area (TPSA) is 80.3 Å². The fourth-order valence-electron chi connectivity index (χ4n) is 6.74. The number of rotatable bonds is 35. The van der Waals surface area contributed by atoms with Crippen molar-refractivity contribution in [2.75, 3.05) is 0 Å². The Morgan fingerprint density at radius 2 is 0.560 bits per heavy atom. The number of hydrogen-bond acceptors (Lipinski definition) is 4. The van der Waals surface area contributed by atoms with Crippen LogP contribution in [0.15, 0.2) is 48.6 Å². The first kappa shape index (κ1) is 55.5. The van der Waals surface area contributed by atoms with E-state index in [0.29, 0.717) is 0 Å².